The Morgan fingerprint density at radius 2 is 0.848 bits per heavy atom. The first-order chi connectivity index (χ1) is 16.0. The van der Waals surface area contributed by atoms with E-state index in [2.05, 4.69) is 125 Å². The topological polar surface area (TPSA) is 24.7 Å². The summed E-state index contributed by atoms with van der Waals surface area (Å²) in [7, 11) is 0. The van der Waals surface area contributed by atoms with E-state index in [-0.39, 0.29) is 0 Å². The Morgan fingerprint density at radius 1 is 0.485 bits per heavy atom. The molecule has 0 saturated heterocycles. The molecule has 4 aromatic rings. The van der Waals surface area contributed by atoms with Gasteiger partial charge in [-0.25, -0.2) is 0 Å². The molecule has 0 spiro atoms. The van der Waals surface area contributed by atoms with Crippen LogP contribution < -0.4 is 6.14 Å². The number of aryl methyl sites for hydroxylation is 4. The summed E-state index contributed by atoms with van der Waals surface area (Å²) in [6, 6.07) is 30.1. The summed E-state index contributed by atoms with van der Waals surface area (Å²) in [4.78, 5) is 9.76. The monoisotopic (exact) mass is 618 g/mol. The van der Waals surface area contributed by atoms with Gasteiger partial charge >= 0.3 is 211 Å². The zero-order valence-corrected chi connectivity index (χ0v) is 25.3. The quantitative estimate of drug-likeness (QED) is 0.176. The van der Waals surface area contributed by atoms with Gasteiger partial charge in [-0.05, 0) is 0 Å². The van der Waals surface area contributed by atoms with Crippen molar-refractivity contribution in [3.63, 3.8) is 0 Å². The summed E-state index contributed by atoms with van der Waals surface area (Å²) in [5.41, 5.74) is 9.47. The number of aliphatic imine (C=N–C) groups is 2. The van der Waals surface area contributed by atoms with E-state index in [4.69, 9.17) is 9.98 Å². The van der Waals surface area contributed by atoms with Crippen LogP contribution in [0.25, 0.3) is 0 Å². The fourth-order valence-corrected chi connectivity index (χ4v) is 10.9. The van der Waals surface area contributed by atoms with E-state index in [1.54, 1.807) is 0 Å². The van der Waals surface area contributed by atoms with Gasteiger partial charge < -0.3 is 0 Å². The molecule has 0 amide bonds. The molecule has 0 fully saturated rings. The van der Waals surface area contributed by atoms with Gasteiger partial charge in [-0.1, -0.05) is 0 Å². The number of hydrogen-bond acceptors (Lipinski definition) is 2. The maximum atomic E-state index is 4.88. The van der Waals surface area contributed by atoms with E-state index in [0.29, 0.717) is 0 Å². The van der Waals surface area contributed by atoms with Crippen molar-refractivity contribution >= 4 is 29.9 Å². The number of para-hydroxylation sites is 2. The van der Waals surface area contributed by atoms with Crippen LogP contribution in [0.3, 0.4) is 0 Å². The fourth-order valence-electron chi connectivity index (χ4n) is 4.13. The standard InChI is InChI=1S/2C15H14N.Hg/c2*1-12-7-6-8-13(2)15(12)16-11-14-9-4-3-5-10-14;/h2*3-9,11H,1-2H3;. The molecule has 0 aliphatic carbocycles. The molecule has 3 heteroatoms. The Bertz CT molecular complexity index is 1190. The molecule has 0 aliphatic heterocycles. The minimum absolute atomic E-state index is 1.07. The van der Waals surface area contributed by atoms with Gasteiger partial charge in [0.1, 0.15) is 0 Å². The molecule has 0 atom stereocenters. The van der Waals surface area contributed by atoms with Gasteiger partial charge in [-0.15, -0.1) is 0 Å². The third-order valence-electron chi connectivity index (χ3n) is 6.04. The molecule has 0 N–H and O–H groups in total. The van der Waals surface area contributed by atoms with Gasteiger partial charge in [0.2, 0.25) is 0 Å². The predicted octanol–water partition coefficient (Wildman–Crippen LogP) is 6.45. The summed E-state index contributed by atoms with van der Waals surface area (Å²) in [6.07, 6.45) is 4.11. The van der Waals surface area contributed by atoms with Crippen molar-refractivity contribution in [1.82, 2.24) is 0 Å². The van der Waals surface area contributed by atoms with Crippen LogP contribution in [0, 0.1) is 27.7 Å². The van der Waals surface area contributed by atoms with Gasteiger partial charge in [0.15, 0.2) is 0 Å². The molecular weight excluding hydrogens is 589 g/mol. The van der Waals surface area contributed by atoms with Crippen molar-refractivity contribution in [3.05, 3.63) is 118 Å². The number of nitrogens with zero attached hydrogens (tertiary/aromatic N) is 2. The molecule has 4 rings (SSSR count). The molecular formula is C30H28HgN2. The molecule has 160 valence electrons. The minimum atomic E-state index is -1.64. The van der Waals surface area contributed by atoms with Gasteiger partial charge in [0, 0.05) is 0 Å². The average molecular weight is 617 g/mol. The van der Waals surface area contributed by atoms with Crippen molar-refractivity contribution in [2.75, 3.05) is 0 Å². The maximum absolute atomic E-state index is 4.88. The molecule has 33 heavy (non-hydrogen) atoms. The van der Waals surface area contributed by atoms with Crippen LogP contribution in [0.2, 0.25) is 0 Å². The average Bonchev–Trinajstić information content (AvgIpc) is 2.80. The number of rotatable bonds is 6. The fraction of sp³-hybridized carbons (Fsp3) is 0.133. The van der Waals surface area contributed by atoms with Crippen molar-refractivity contribution in [1.29, 1.82) is 0 Å². The first-order valence-corrected chi connectivity index (χ1v) is 16.9. The van der Waals surface area contributed by atoms with E-state index < -0.39 is 24.6 Å². The SMILES string of the molecule is Cc1cccc(C)c1N=Cc1cccc[c]1[Hg][c]1ccccc1C=Nc1c(C)cccc1C. The molecule has 4 aromatic carbocycles. The Labute approximate surface area is 209 Å². The predicted molar refractivity (Wildman–Crippen MR) is 138 cm³/mol. The van der Waals surface area contributed by atoms with Gasteiger partial charge in [0.05, 0.1) is 0 Å². The van der Waals surface area contributed by atoms with Crippen LogP contribution in [0.15, 0.2) is 94.9 Å². The first kappa shape index (κ1) is 23.3. The van der Waals surface area contributed by atoms with Crippen LogP contribution in [0.5, 0.6) is 0 Å². The van der Waals surface area contributed by atoms with E-state index in [0.717, 1.165) is 11.4 Å². The van der Waals surface area contributed by atoms with Gasteiger partial charge in [-0.3, -0.25) is 0 Å². The van der Waals surface area contributed by atoms with Crippen molar-refractivity contribution < 1.29 is 24.6 Å². The first-order valence-electron chi connectivity index (χ1n) is 11.4. The van der Waals surface area contributed by atoms with Crippen molar-refractivity contribution in [2.45, 2.75) is 27.7 Å². The second-order valence-electron chi connectivity index (χ2n) is 8.57. The van der Waals surface area contributed by atoms with Crippen LogP contribution in [-0.2, 0) is 24.6 Å². The normalized spacial score (nSPS) is 11.3. The third-order valence-corrected chi connectivity index (χ3v) is 14.0. The van der Waals surface area contributed by atoms with E-state index in [1.165, 1.54) is 39.5 Å². The second-order valence-corrected chi connectivity index (χ2v) is 15.9. The Kier molecular flexibility index (Phi) is 7.67. The molecule has 0 radical (unpaired) electrons. The molecule has 0 saturated carbocycles. The van der Waals surface area contributed by atoms with Crippen LogP contribution in [0.4, 0.5) is 11.4 Å². The van der Waals surface area contributed by atoms with Gasteiger partial charge in [-0.2, -0.15) is 0 Å². The molecule has 0 bridgehead atoms. The molecule has 0 heterocycles. The zero-order valence-electron chi connectivity index (χ0n) is 19.8. The Balaban J connectivity index is 1.64. The Morgan fingerprint density at radius 3 is 1.24 bits per heavy atom. The van der Waals surface area contributed by atoms with Gasteiger partial charge in [0.25, 0.3) is 0 Å². The summed E-state index contributed by atoms with van der Waals surface area (Å²) >= 11 is -1.64. The van der Waals surface area contributed by atoms with E-state index in [9.17, 15) is 0 Å². The molecule has 2 nitrogen and oxygen atoms in total. The van der Waals surface area contributed by atoms with E-state index >= 15 is 0 Å². The molecule has 0 unspecified atom stereocenters. The molecule has 0 aromatic heterocycles. The van der Waals surface area contributed by atoms with Crippen LogP contribution in [0.1, 0.15) is 33.4 Å². The van der Waals surface area contributed by atoms with Crippen molar-refractivity contribution in [2.24, 2.45) is 9.98 Å². The van der Waals surface area contributed by atoms with Crippen LogP contribution >= 0.6 is 0 Å². The van der Waals surface area contributed by atoms with Crippen molar-refractivity contribution in [3.8, 4) is 0 Å². The zero-order chi connectivity index (χ0) is 23.2. The second kappa shape index (κ2) is 10.8. The number of hydrogen-bond donors (Lipinski definition) is 0. The Hall–Kier alpha value is -2.84. The molecule has 0 aliphatic rings. The van der Waals surface area contributed by atoms with E-state index in [1.807, 2.05) is 0 Å². The van der Waals surface area contributed by atoms with Crippen LogP contribution in [-0.4, -0.2) is 12.4 Å². The number of benzene rings is 4. The third kappa shape index (κ3) is 5.75. The summed E-state index contributed by atoms with van der Waals surface area (Å²) in [5, 5.41) is 0. The summed E-state index contributed by atoms with van der Waals surface area (Å²) in [6.45, 7) is 8.49. The summed E-state index contributed by atoms with van der Waals surface area (Å²) in [5.74, 6) is 0. The summed E-state index contributed by atoms with van der Waals surface area (Å²) < 4.78 is 2.95.